The molecule has 1 fully saturated rings. The smallest absolute Gasteiger partial charge is 0.272 e. The number of rotatable bonds is 5. The van der Waals surface area contributed by atoms with Gasteiger partial charge in [-0.2, -0.15) is 0 Å². The van der Waals surface area contributed by atoms with Gasteiger partial charge in [-0.1, -0.05) is 80.6 Å². The van der Waals surface area contributed by atoms with Crippen molar-refractivity contribution in [3.63, 3.8) is 0 Å². The van der Waals surface area contributed by atoms with E-state index in [4.69, 9.17) is 0 Å². The van der Waals surface area contributed by atoms with Crippen LogP contribution in [0.4, 0.5) is 0 Å². The van der Waals surface area contributed by atoms with Gasteiger partial charge in [-0.15, -0.1) is 0 Å². The lowest BCUT2D eigenvalue weighted by Crippen LogP contribution is -2.59. The number of carbonyl (C=O) groups is 6. The van der Waals surface area contributed by atoms with Crippen LogP contribution >= 0.6 is 0 Å². The van der Waals surface area contributed by atoms with Crippen LogP contribution in [0.3, 0.4) is 0 Å². The lowest BCUT2D eigenvalue weighted by molar-refractivity contribution is -0.142. The van der Waals surface area contributed by atoms with Crippen LogP contribution in [0.25, 0.3) is 0 Å². The van der Waals surface area contributed by atoms with Crippen LogP contribution in [-0.4, -0.2) is 94.5 Å². The van der Waals surface area contributed by atoms with E-state index < -0.39 is 72.2 Å². The molecule has 2 aromatic carbocycles. The first-order valence-corrected chi connectivity index (χ1v) is 16.6. The summed E-state index contributed by atoms with van der Waals surface area (Å²) in [6.45, 7) is 5.93. The van der Waals surface area contributed by atoms with Gasteiger partial charge >= 0.3 is 0 Å². The minimum Gasteiger partial charge on any atom is -0.346 e. The second kappa shape index (κ2) is 17.2. The van der Waals surface area contributed by atoms with E-state index in [2.05, 4.69) is 26.3 Å². The van der Waals surface area contributed by atoms with Crippen LogP contribution in [0.2, 0.25) is 0 Å². The largest absolute Gasteiger partial charge is 0.346 e. The Kier molecular flexibility index (Phi) is 12.8. The number of hydrogen-bond acceptors (Lipinski definition) is 7. The van der Waals surface area contributed by atoms with Gasteiger partial charge in [0.1, 0.15) is 29.9 Å². The van der Waals surface area contributed by atoms with Gasteiger partial charge in [-0.25, -0.2) is 0 Å². The fraction of sp³-hybridized carbons (Fsp3) is 0.378. The number of nitrogens with zero attached hydrogens (tertiary/aromatic N) is 3. The first-order valence-electron chi connectivity index (χ1n) is 16.6. The predicted molar refractivity (Wildman–Crippen MR) is 186 cm³/mol. The van der Waals surface area contributed by atoms with Gasteiger partial charge in [0.15, 0.2) is 0 Å². The van der Waals surface area contributed by atoms with Crippen LogP contribution in [-0.2, 0) is 30.4 Å². The van der Waals surface area contributed by atoms with Gasteiger partial charge in [0, 0.05) is 26.2 Å². The minimum atomic E-state index is -1.11. The quantitative estimate of drug-likeness (QED) is 0.317. The fourth-order valence-electron chi connectivity index (χ4n) is 5.56. The molecule has 4 N–H and O–H groups in total. The highest BCUT2D eigenvalue weighted by Gasteiger charge is 2.35. The number of benzene rings is 2. The zero-order valence-electron chi connectivity index (χ0n) is 29.0. The van der Waals surface area contributed by atoms with Crippen molar-refractivity contribution in [1.82, 2.24) is 36.1 Å². The average Bonchev–Trinajstić information content (AvgIpc) is 3.12. The molecule has 4 rings (SSSR count). The van der Waals surface area contributed by atoms with E-state index in [0.717, 1.165) is 5.56 Å². The summed E-state index contributed by atoms with van der Waals surface area (Å²) in [4.78, 5) is 88.9. The normalized spacial score (nSPS) is 23.2. The first-order chi connectivity index (χ1) is 23.8. The van der Waals surface area contributed by atoms with Gasteiger partial charge in [0.2, 0.25) is 29.5 Å². The Hall–Kier alpha value is -5.59. The van der Waals surface area contributed by atoms with Gasteiger partial charge < -0.3 is 31.1 Å². The summed E-state index contributed by atoms with van der Waals surface area (Å²) in [5, 5.41) is 11.2. The number of likely N-dealkylation sites (N-methyl/N-ethyl adjacent to an activating group) is 1. The Balaban J connectivity index is 1.77. The molecule has 0 saturated carbocycles. The van der Waals surface area contributed by atoms with Crippen molar-refractivity contribution >= 4 is 35.4 Å². The summed E-state index contributed by atoms with van der Waals surface area (Å²) in [6.07, 6.45) is 1.57. The summed E-state index contributed by atoms with van der Waals surface area (Å²) in [7, 11) is 1.45. The molecule has 0 unspecified atom stereocenters. The maximum absolute atomic E-state index is 14.0. The van der Waals surface area contributed by atoms with E-state index in [0.29, 0.717) is 5.56 Å². The Morgan fingerprint density at radius 3 is 2.06 bits per heavy atom. The molecule has 50 heavy (non-hydrogen) atoms. The highest BCUT2D eigenvalue weighted by molar-refractivity contribution is 5.97. The molecule has 13 nitrogen and oxygen atoms in total. The molecule has 6 amide bonds. The first kappa shape index (κ1) is 37.2. The standard InChI is InChI=1S/C37H45N7O6/c1-23(2)32-35(48)39-24(3)33(46)41-30(27-16-10-7-11-17-27)21-44(37(50)28-18-12-13-19-38-28)22-31(45)40-29(20-26-14-8-6-9-15-26)36(49)43(5)25(4)34(47)42-32/h6-19,23-25,29-30,32H,20-22H2,1-5H3,(H,39,48)(H,40,45)(H,41,46)(H,42,47)/t24-,25-,29-,30-,32+/m0/s1. The molecule has 264 valence electrons. The van der Waals surface area contributed by atoms with Crippen molar-refractivity contribution in [2.24, 2.45) is 5.92 Å². The predicted octanol–water partition coefficient (Wildman–Crippen LogP) is 1.61. The van der Waals surface area contributed by atoms with Gasteiger partial charge in [0.05, 0.1) is 12.6 Å². The summed E-state index contributed by atoms with van der Waals surface area (Å²) in [6, 6.07) is 17.9. The molecule has 1 saturated heterocycles. The van der Waals surface area contributed by atoms with Crippen LogP contribution in [0.5, 0.6) is 0 Å². The van der Waals surface area contributed by atoms with Crippen molar-refractivity contribution in [3.05, 3.63) is 102 Å². The number of pyridine rings is 1. The zero-order chi connectivity index (χ0) is 36.4. The van der Waals surface area contributed by atoms with Gasteiger partial charge in [-0.3, -0.25) is 33.8 Å². The number of carbonyl (C=O) groups excluding carboxylic acids is 6. The molecular weight excluding hydrogens is 638 g/mol. The van der Waals surface area contributed by atoms with E-state index in [1.807, 2.05) is 36.4 Å². The molecule has 1 aliphatic rings. The average molecular weight is 684 g/mol. The van der Waals surface area contributed by atoms with Crippen molar-refractivity contribution in [3.8, 4) is 0 Å². The third kappa shape index (κ3) is 9.74. The maximum atomic E-state index is 14.0. The molecule has 5 atom stereocenters. The molecule has 1 aromatic heterocycles. The van der Waals surface area contributed by atoms with Gasteiger partial charge in [-0.05, 0) is 43.0 Å². The third-order valence-electron chi connectivity index (χ3n) is 8.65. The number of nitrogens with one attached hydrogen (secondary N) is 4. The Bertz CT molecular complexity index is 1650. The van der Waals surface area contributed by atoms with Crippen molar-refractivity contribution in [2.75, 3.05) is 20.1 Å². The molecular formula is C37H45N7O6. The van der Waals surface area contributed by atoms with Crippen LogP contribution < -0.4 is 21.3 Å². The lowest BCUT2D eigenvalue weighted by Gasteiger charge is -2.32. The Morgan fingerprint density at radius 2 is 1.44 bits per heavy atom. The Labute approximate surface area is 292 Å². The second-order valence-electron chi connectivity index (χ2n) is 12.8. The van der Waals surface area contributed by atoms with Crippen molar-refractivity contribution in [2.45, 2.75) is 64.3 Å². The lowest BCUT2D eigenvalue weighted by atomic mass is 10.0. The van der Waals surface area contributed by atoms with E-state index in [-0.39, 0.29) is 24.6 Å². The number of aromatic nitrogens is 1. The van der Waals surface area contributed by atoms with Crippen molar-refractivity contribution in [1.29, 1.82) is 0 Å². The molecule has 2 heterocycles. The summed E-state index contributed by atoms with van der Waals surface area (Å²) in [5.74, 6) is -3.81. The molecule has 13 heteroatoms. The molecule has 1 aliphatic heterocycles. The van der Waals surface area contributed by atoms with Crippen molar-refractivity contribution < 1.29 is 28.8 Å². The Morgan fingerprint density at radius 1 is 0.800 bits per heavy atom. The topological polar surface area (TPSA) is 170 Å². The van der Waals surface area contributed by atoms with Crippen LogP contribution in [0.1, 0.15) is 55.4 Å². The number of hydrogen-bond donors (Lipinski definition) is 4. The van der Waals surface area contributed by atoms with E-state index in [1.54, 1.807) is 50.2 Å². The fourth-order valence-corrected chi connectivity index (χ4v) is 5.56. The minimum absolute atomic E-state index is 0.0809. The summed E-state index contributed by atoms with van der Waals surface area (Å²) >= 11 is 0. The van der Waals surface area contributed by atoms with Crippen LogP contribution in [0, 0.1) is 5.92 Å². The molecule has 0 aliphatic carbocycles. The highest BCUT2D eigenvalue weighted by Crippen LogP contribution is 2.17. The molecule has 0 bridgehead atoms. The van der Waals surface area contributed by atoms with E-state index >= 15 is 0 Å². The van der Waals surface area contributed by atoms with Crippen LogP contribution in [0.15, 0.2) is 85.1 Å². The third-order valence-corrected chi connectivity index (χ3v) is 8.65. The monoisotopic (exact) mass is 683 g/mol. The number of amides is 6. The zero-order valence-corrected chi connectivity index (χ0v) is 29.0. The van der Waals surface area contributed by atoms with E-state index in [1.165, 1.54) is 43.0 Å². The summed E-state index contributed by atoms with van der Waals surface area (Å²) in [5.41, 5.74) is 1.49. The summed E-state index contributed by atoms with van der Waals surface area (Å²) < 4.78 is 0. The molecule has 3 aromatic rings. The maximum Gasteiger partial charge on any atom is 0.272 e. The SMILES string of the molecule is CC(C)[C@H]1NC(=O)[C@H](C)N(C)C(=O)[C@H](Cc2ccccc2)NC(=O)CN(C(=O)c2ccccn2)C[C@@H](c2ccccc2)NC(=O)[C@H](C)NC1=O. The van der Waals surface area contributed by atoms with E-state index in [9.17, 15) is 28.8 Å². The highest BCUT2D eigenvalue weighted by atomic mass is 16.2. The second-order valence-corrected chi connectivity index (χ2v) is 12.8. The van der Waals surface area contributed by atoms with Gasteiger partial charge in [0.25, 0.3) is 5.91 Å². The molecule has 0 radical (unpaired) electrons. The molecule has 0 spiro atoms.